The number of benzene rings is 4. The molecule has 0 radical (unpaired) electrons. The average Bonchev–Trinajstić information content (AvgIpc) is 0.768. The molecule has 4 aromatic carbocycles. The van der Waals surface area contributed by atoms with Crippen molar-refractivity contribution in [3.05, 3.63) is 110 Å². The maximum atomic E-state index is 16.1. The minimum atomic E-state index is -2.34. The zero-order valence-electron chi connectivity index (χ0n) is 69.7. The Morgan fingerprint density at radius 1 is 0.717 bits per heavy atom. The first-order valence-corrected chi connectivity index (χ1v) is 41.7. The van der Waals surface area contributed by atoms with Crippen LogP contribution in [0.5, 0.6) is 40.2 Å². The van der Waals surface area contributed by atoms with Crippen molar-refractivity contribution in [2.24, 2.45) is 23.1 Å². The number of phenolic OH excluding ortho intramolecular Hbond substituents is 2. The second kappa shape index (κ2) is 43.5. The Kier molecular flexibility index (Phi) is 34.2. The van der Waals surface area contributed by atoms with E-state index < -0.39 is 303 Å². The predicted molar refractivity (Wildman–Crippen MR) is 440 cm³/mol. The molecule has 7 aliphatic heterocycles. The molecule has 3 fully saturated rings. The maximum absolute atomic E-state index is 16.1. The molecule has 43 nitrogen and oxygen atoms in total. The predicted octanol–water partition coefficient (Wildman–Crippen LogP) is -5.02. The fourth-order valence-electron chi connectivity index (χ4n) is 15.9. The van der Waals surface area contributed by atoms with E-state index in [-0.39, 0.29) is 94.9 Å². The minimum Gasteiger partial charge on any atom is -0.508 e. The number of aliphatic hydroxyl groups is 13. The van der Waals surface area contributed by atoms with Gasteiger partial charge in [0.05, 0.1) is 66.6 Å². The molecule has 25 unspecified atom stereocenters. The summed E-state index contributed by atoms with van der Waals surface area (Å²) in [6.07, 6.45) is -31.9. The third-order valence-electron chi connectivity index (χ3n) is 22.5. The quantitative estimate of drug-likeness (QED) is 0.0187. The lowest BCUT2D eigenvalue weighted by atomic mass is 9.77. The van der Waals surface area contributed by atoms with E-state index in [0.717, 1.165) is 30.3 Å². The van der Waals surface area contributed by atoms with Gasteiger partial charge in [0.1, 0.15) is 126 Å². The van der Waals surface area contributed by atoms with Crippen LogP contribution in [0.25, 0.3) is 0 Å². The highest BCUT2D eigenvalue weighted by Gasteiger charge is 2.53. The van der Waals surface area contributed by atoms with Crippen molar-refractivity contribution < 1.29 is 158 Å². The van der Waals surface area contributed by atoms with E-state index in [0.29, 0.717) is 0 Å². The van der Waals surface area contributed by atoms with Crippen LogP contribution in [0.1, 0.15) is 131 Å². The van der Waals surface area contributed by atoms with Gasteiger partial charge in [-0.15, -0.1) is 0 Å². The largest absolute Gasteiger partial charge is 0.508 e. The molecule has 0 spiro atoms. The fraction of sp³-hybridized carbons (Fsp3) is 0.573. The second-order valence-corrected chi connectivity index (χ2v) is 34.0. The number of Topliss-reactive ketones (excluding diaryl/α,β-unsaturated/α-hetero) is 1. The normalized spacial score (nSPS) is 30.3. The number of hydrogen-bond acceptors (Lipinski definition) is 35. The van der Waals surface area contributed by atoms with Gasteiger partial charge in [-0.3, -0.25) is 43.2 Å². The lowest BCUT2D eigenvalue weighted by molar-refractivity contribution is -0.339. The zero-order valence-corrected chi connectivity index (χ0v) is 71.2. The van der Waals surface area contributed by atoms with Gasteiger partial charge < -0.3 is 174 Å². The van der Waals surface area contributed by atoms with Crippen LogP contribution in [0.15, 0.2) is 72.3 Å². The third kappa shape index (κ3) is 24.5. The van der Waals surface area contributed by atoms with Crippen LogP contribution >= 0.6 is 23.2 Å². The molecule has 8 amide bonds. The van der Waals surface area contributed by atoms with Crippen molar-refractivity contribution >= 4 is 76.2 Å². The van der Waals surface area contributed by atoms with E-state index >= 15 is 9.59 Å². The van der Waals surface area contributed by atoms with Gasteiger partial charge in [0, 0.05) is 49.5 Å². The van der Waals surface area contributed by atoms with Gasteiger partial charge in [-0.1, -0.05) is 55.3 Å². The summed E-state index contributed by atoms with van der Waals surface area (Å²) in [4.78, 5) is 133. The molecule has 9 bridgehead atoms. The summed E-state index contributed by atoms with van der Waals surface area (Å²) in [5.74, 6) is -16.2. The van der Waals surface area contributed by atoms with E-state index in [9.17, 15) is 110 Å². The molecule has 127 heavy (non-hydrogen) atoms. The summed E-state index contributed by atoms with van der Waals surface area (Å²) in [6.45, 7) is 2.45. The molecule has 7 heterocycles. The number of nitrogens with two attached hydrogens (primary N) is 3. The number of likely N-dealkylation sites (N-methyl/N-ethyl adjacent to an activating group) is 1. The van der Waals surface area contributed by atoms with Crippen molar-refractivity contribution in [1.82, 2.24) is 42.5 Å². The molecule has 4 aromatic rings. The molecule has 700 valence electrons. The molecular formula is C82H111Cl2N11O32. The number of primary amides is 2. The summed E-state index contributed by atoms with van der Waals surface area (Å²) in [7, 11) is 1.47. The maximum Gasteiger partial charge on any atom is 0.248 e. The number of aromatic hydroxyl groups is 2. The first kappa shape index (κ1) is 99.9. The average molecular weight is 1830 g/mol. The standard InChI is InChI=1S/C82H111Cl2N11O32/c1-33(2)17-43(88-5)74(115)95-62-63(107)36-10-13-50(42(84)20-36)121-52-22-37-21-51(71(52)126-80-72(68(112)66(110)54(30-98)123-80)124-57-26-81(3,87)31-82(4,32-99)127-57)120-49-12-7-34(18-41(49)83)8-14-56(106)92-61(76(117)90-16-6-15-89-27-47(103)64(108)70(48(104)28-96)125-79-69(113)67(111)65(109)53(29-97)122-79)40-23-38(100)24-46(102)58(40)39-19-35(9-11-45(39)101)59(73(86)114)93-77(118)60(37)94-75(116)44(25-55(85)105)91-78(62)119/h7,9-10,12-13,18,20-24,33,39,43-44,47-48,53-54,57,59-70,72,79-80,88-89,96-100,102-104,107-113H,6,8,11,14-17,19,25-32,87H2,1-5H3,(H2,85,105)(H2,86,114)(H,90,117)(H,91,119)(H,92,106)(H,93,118)(H,94,116)(H,95,115). The SMILES string of the molecule is CNC(CC(C)C)C(=O)NC1C(=O)NC(CC(N)=O)C(=O)NC2C(=O)NC(C(N)=O)C3=CCC(=O)C(C3)c3c(O)cc(O)cc3C(C(=O)NCCCNCC(O)C(O)C(OC3OC(CO)C(O)C(O)C3O)C(O)CO)NC(=O)CCc3ccc(c(Cl)c3)Oc3cc2cc(c3OC2OC(CO)C(O)C(O)C2OC2CC(C)(N)CC(C)(CO)O2)Oc2ccc(cc2Cl)C1O. The van der Waals surface area contributed by atoms with Crippen molar-refractivity contribution in [2.75, 3.05) is 53.1 Å². The van der Waals surface area contributed by atoms with Crippen LogP contribution < -0.4 is 73.9 Å². The molecule has 12 rings (SSSR count). The van der Waals surface area contributed by atoms with Gasteiger partial charge in [-0.05, 0) is 136 Å². The highest BCUT2D eigenvalue weighted by molar-refractivity contribution is 6.32. The number of fused-ring (bicyclic) bond motifs is 16. The fourth-order valence-corrected chi connectivity index (χ4v) is 16.4. The van der Waals surface area contributed by atoms with Crippen molar-refractivity contribution in [3.63, 3.8) is 0 Å². The number of phenols is 2. The van der Waals surface area contributed by atoms with Gasteiger partial charge >= 0.3 is 0 Å². The van der Waals surface area contributed by atoms with Crippen LogP contribution in [-0.4, -0.2) is 310 Å². The van der Waals surface area contributed by atoms with Crippen molar-refractivity contribution in [1.29, 1.82) is 0 Å². The summed E-state index contributed by atoms with van der Waals surface area (Å²) in [5, 5.41) is 184. The van der Waals surface area contributed by atoms with Gasteiger partial charge in [0.2, 0.25) is 59.3 Å². The molecule has 0 saturated carbocycles. The highest BCUT2D eigenvalue weighted by atomic mass is 35.5. The zero-order chi connectivity index (χ0) is 93.1. The molecule has 29 N–H and O–H groups in total. The number of aliphatic hydroxyl groups excluding tert-OH is 13. The Morgan fingerprint density at radius 3 is 1.98 bits per heavy atom. The molecule has 25 atom stereocenters. The van der Waals surface area contributed by atoms with Crippen molar-refractivity contribution in [3.8, 4) is 40.2 Å². The van der Waals surface area contributed by atoms with E-state index in [1.165, 1.54) is 43.5 Å². The number of allylic oxidation sites excluding steroid dienone is 1. The summed E-state index contributed by atoms with van der Waals surface area (Å²) < 4.78 is 49.9. The Morgan fingerprint density at radius 2 is 1.37 bits per heavy atom. The molecule has 45 heteroatoms. The number of carbonyl (C=O) groups excluding carboxylic acids is 9. The minimum absolute atomic E-state index is 0.0228. The number of nitrogens with one attached hydrogen (secondary N) is 8. The smallest absolute Gasteiger partial charge is 0.248 e. The number of carbonyl (C=O) groups is 9. The van der Waals surface area contributed by atoms with E-state index in [2.05, 4.69) is 42.5 Å². The number of hydrogen-bond donors (Lipinski definition) is 26. The van der Waals surface area contributed by atoms with Gasteiger partial charge in [0.25, 0.3) is 0 Å². The molecule has 3 saturated heterocycles. The Labute approximate surface area is 736 Å². The second-order valence-electron chi connectivity index (χ2n) is 33.2. The van der Waals surface area contributed by atoms with Gasteiger partial charge in [-0.2, -0.15) is 0 Å². The number of amides is 8. The summed E-state index contributed by atoms with van der Waals surface area (Å²) in [5.41, 5.74) is 14.9. The first-order chi connectivity index (χ1) is 60.0. The topological polar surface area (TPSA) is 705 Å². The van der Waals surface area contributed by atoms with Crippen LogP contribution in [0.2, 0.25) is 10.0 Å². The summed E-state index contributed by atoms with van der Waals surface area (Å²) >= 11 is 14.3. The number of halogens is 2. The van der Waals surface area contributed by atoms with E-state index in [4.69, 9.17) is 78.3 Å². The van der Waals surface area contributed by atoms with E-state index in [1.807, 2.05) is 13.8 Å². The number of rotatable bonds is 28. The lowest BCUT2D eigenvalue weighted by Crippen LogP contribution is -2.63. The third-order valence-corrected chi connectivity index (χ3v) is 23.1. The Hall–Kier alpha value is -9.21. The van der Waals surface area contributed by atoms with Gasteiger partial charge in [-0.25, -0.2) is 0 Å². The van der Waals surface area contributed by atoms with E-state index in [1.54, 1.807) is 13.8 Å². The van der Waals surface area contributed by atoms with Crippen molar-refractivity contribution in [2.45, 2.75) is 237 Å². The molecular weight excluding hydrogens is 1720 g/mol. The van der Waals surface area contributed by atoms with Crippen LogP contribution in [0, 0.1) is 5.92 Å². The molecule has 0 aromatic heterocycles. The lowest BCUT2D eigenvalue weighted by Gasteiger charge is -2.48. The Balaban J connectivity index is 1.07. The molecule has 1 aliphatic carbocycles. The monoisotopic (exact) mass is 1830 g/mol. The number of ketones is 1. The first-order valence-electron chi connectivity index (χ1n) is 40.9. The Bertz CT molecular complexity index is 4650. The number of aryl methyl sites for hydroxylation is 1. The highest BCUT2D eigenvalue weighted by Crippen LogP contribution is 2.50. The van der Waals surface area contributed by atoms with Crippen LogP contribution in [-0.2, 0) is 73.3 Å². The van der Waals surface area contributed by atoms with Crippen LogP contribution in [0.3, 0.4) is 0 Å². The van der Waals surface area contributed by atoms with Gasteiger partial charge in [0.15, 0.2) is 30.2 Å². The number of ether oxygens (including phenoxy) is 8. The summed E-state index contributed by atoms with van der Waals surface area (Å²) in [6, 6.07) is -0.155. The van der Waals surface area contributed by atoms with Crippen LogP contribution in [0.4, 0.5) is 0 Å². The molecule has 8 aliphatic rings.